The van der Waals surface area contributed by atoms with E-state index >= 15 is 0 Å². The zero-order valence-electron chi connectivity index (χ0n) is 18.5. The number of nitrogens with zero attached hydrogens (tertiary/aromatic N) is 4. The summed E-state index contributed by atoms with van der Waals surface area (Å²) in [7, 11) is 4.60. The average molecular weight is 481 g/mol. The lowest BCUT2D eigenvalue weighted by molar-refractivity contribution is -0.384. The summed E-state index contributed by atoms with van der Waals surface area (Å²) in [4.78, 5) is 16.0. The second-order valence-corrected chi connectivity index (χ2v) is 7.58. The van der Waals surface area contributed by atoms with Gasteiger partial charge in [-0.1, -0.05) is 12.1 Å². The monoisotopic (exact) mass is 480 g/mol. The van der Waals surface area contributed by atoms with Crippen LogP contribution < -0.4 is 19.0 Å². The van der Waals surface area contributed by atoms with E-state index in [1.807, 2.05) is 5.38 Å². The first-order valence-corrected chi connectivity index (χ1v) is 10.8. The van der Waals surface area contributed by atoms with Crippen LogP contribution in [-0.4, -0.2) is 37.1 Å². The topological polar surface area (TPSA) is 114 Å². The van der Waals surface area contributed by atoms with Crippen molar-refractivity contribution in [2.45, 2.75) is 0 Å². The molecule has 0 radical (unpaired) electrons. The maximum absolute atomic E-state index is 11.5. The molecule has 2 aromatic carbocycles. The second kappa shape index (κ2) is 10.0. The predicted octanol–water partition coefficient (Wildman–Crippen LogP) is 4.86. The second-order valence-electron chi connectivity index (χ2n) is 6.75. The van der Waals surface area contributed by atoms with E-state index in [0.717, 1.165) is 0 Å². The summed E-state index contributed by atoms with van der Waals surface area (Å²) >= 11 is 1.28. The van der Waals surface area contributed by atoms with Gasteiger partial charge in [0.05, 0.1) is 44.4 Å². The van der Waals surface area contributed by atoms with Crippen LogP contribution >= 0.6 is 11.3 Å². The molecule has 174 valence electrons. The van der Waals surface area contributed by atoms with Crippen LogP contribution in [0.2, 0.25) is 0 Å². The van der Waals surface area contributed by atoms with E-state index in [0.29, 0.717) is 39.1 Å². The Bertz CT molecular complexity index is 1380. The molecule has 0 amide bonds. The van der Waals surface area contributed by atoms with Crippen molar-refractivity contribution in [3.63, 3.8) is 0 Å². The third-order valence-corrected chi connectivity index (χ3v) is 5.60. The molecule has 0 unspecified atom stereocenters. The fourth-order valence-electron chi connectivity index (χ4n) is 3.21. The Morgan fingerprint density at radius 3 is 2.41 bits per heavy atom. The number of benzene rings is 2. The highest BCUT2D eigenvalue weighted by atomic mass is 32.1. The fourth-order valence-corrected chi connectivity index (χ4v) is 4.06. The summed E-state index contributed by atoms with van der Waals surface area (Å²) in [5.74, 6) is 1.94. The first kappa shape index (κ1) is 22.8. The number of rotatable bonds is 8. The first-order valence-electron chi connectivity index (χ1n) is 9.92. The lowest BCUT2D eigenvalue weighted by atomic mass is 10.1. The normalized spacial score (nSPS) is 11.7. The van der Waals surface area contributed by atoms with Crippen molar-refractivity contribution < 1.29 is 23.6 Å². The Labute approximate surface area is 198 Å². The highest BCUT2D eigenvalue weighted by molar-refractivity contribution is 7.07. The fraction of sp³-hybridized carbons (Fsp3) is 0.130. The Kier molecular flexibility index (Phi) is 6.74. The zero-order valence-corrected chi connectivity index (χ0v) is 19.3. The van der Waals surface area contributed by atoms with Gasteiger partial charge < -0.3 is 18.6 Å². The van der Waals surface area contributed by atoms with Gasteiger partial charge >= 0.3 is 0 Å². The van der Waals surface area contributed by atoms with Gasteiger partial charge in [0.1, 0.15) is 11.4 Å². The van der Waals surface area contributed by atoms with Crippen molar-refractivity contribution in [3.05, 3.63) is 80.9 Å². The summed E-state index contributed by atoms with van der Waals surface area (Å²) in [6.45, 7) is 0. The van der Waals surface area contributed by atoms with E-state index in [1.165, 1.54) is 44.9 Å². The molecule has 2 aromatic heterocycles. The minimum absolute atomic E-state index is 0.105. The number of methoxy groups -OCH3 is 3. The average Bonchev–Trinajstić information content (AvgIpc) is 3.52. The largest absolute Gasteiger partial charge is 0.493 e. The molecular formula is C23H20N4O6S. The predicted molar refractivity (Wildman–Crippen MR) is 127 cm³/mol. The van der Waals surface area contributed by atoms with E-state index in [2.05, 4.69) is 10.1 Å². The number of thiazole rings is 1. The van der Waals surface area contributed by atoms with Crippen molar-refractivity contribution in [1.82, 2.24) is 4.68 Å². The molecule has 4 aromatic rings. The summed E-state index contributed by atoms with van der Waals surface area (Å²) in [5.41, 5.74) is 1.48. The van der Waals surface area contributed by atoms with Crippen LogP contribution in [0.3, 0.4) is 0 Å². The molecule has 10 nitrogen and oxygen atoms in total. The summed E-state index contributed by atoms with van der Waals surface area (Å²) in [6.07, 6.45) is 3.07. The number of nitro groups is 1. The van der Waals surface area contributed by atoms with E-state index in [-0.39, 0.29) is 11.4 Å². The summed E-state index contributed by atoms with van der Waals surface area (Å²) in [5, 5.41) is 17.8. The van der Waals surface area contributed by atoms with E-state index < -0.39 is 4.92 Å². The van der Waals surface area contributed by atoms with Gasteiger partial charge in [0.2, 0.25) is 10.6 Å². The Morgan fingerprint density at radius 1 is 1.06 bits per heavy atom. The van der Waals surface area contributed by atoms with E-state index in [9.17, 15) is 10.1 Å². The molecule has 0 N–H and O–H groups in total. The van der Waals surface area contributed by atoms with Gasteiger partial charge in [-0.15, -0.1) is 11.3 Å². The molecule has 0 fully saturated rings. The molecule has 0 saturated heterocycles. The number of nitro benzene ring substituents is 1. The number of para-hydroxylation sites is 2. The minimum Gasteiger partial charge on any atom is -0.493 e. The van der Waals surface area contributed by atoms with Gasteiger partial charge in [0.25, 0.3) is 5.69 Å². The van der Waals surface area contributed by atoms with Crippen molar-refractivity contribution in [2.24, 2.45) is 10.1 Å². The SMILES string of the molecule is COc1cc(-c2csc(=Nc3ccccc3[N+](=O)[O-])n2N=Cc2ccco2)cc(OC)c1OC. The van der Waals surface area contributed by atoms with Crippen molar-refractivity contribution in [3.8, 4) is 28.5 Å². The summed E-state index contributed by atoms with van der Waals surface area (Å²) < 4.78 is 23.3. The molecule has 0 aliphatic carbocycles. The maximum Gasteiger partial charge on any atom is 0.294 e. The van der Waals surface area contributed by atoms with Crippen LogP contribution in [-0.2, 0) is 0 Å². The number of ether oxygens (including phenoxy) is 3. The quantitative estimate of drug-likeness (QED) is 0.202. The van der Waals surface area contributed by atoms with Gasteiger partial charge in [0, 0.05) is 17.0 Å². The molecule has 2 heterocycles. The van der Waals surface area contributed by atoms with Crippen molar-refractivity contribution in [1.29, 1.82) is 0 Å². The molecule has 4 rings (SSSR count). The van der Waals surface area contributed by atoms with Gasteiger partial charge in [-0.05, 0) is 30.3 Å². The zero-order chi connectivity index (χ0) is 24.1. The number of hydrogen-bond acceptors (Lipinski definition) is 9. The summed E-state index contributed by atoms with van der Waals surface area (Å²) in [6, 6.07) is 13.4. The van der Waals surface area contributed by atoms with Gasteiger partial charge in [0.15, 0.2) is 11.5 Å². The Morgan fingerprint density at radius 2 is 1.79 bits per heavy atom. The van der Waals surface area contributed by atoms with E-state index in [1.54, 1.807) is 53.4 Å². The van der Waals surface area contributed by atoms with Gasteiger partial charge in [-0.25, -0.2) is 9.67 Å². The van der Waals surface area contributed by atoms with Crippen molar-refractivity contribution >= 4 is 28.9 Å². The molecule has 11 heteroatoms. The molecular weight excluding hydrogens is 460 g/mol. The first-order chi connectivity index (χ1) is 16.5. The van der Waals surface area contributed by atoms with Crippen LogP contribution in [0.1, 0.15) is 5.76 Å². The number of aromatic nitrogens is 1. The van der Waals surface area contributed by atoms with Crippen molar-refractivity contribution in [2.75, 3.05) is 21.3 Å². The Balaban J connectivity index is 1.94. The van der Waals surface area contributed by atoms with E-state index in [4.69, 9.17) is 18.6 Å². The molecule has 0 aliphatic heterocycles. The lowest BCUT2D eigenvalue weighted by Crippen LogP contribution is -2.12. The maximum atomic E-state index is 11.5. The highest BCUT2D eigenvalue weighted by Crippen LogP contribution is 2.41. The van der Waals surface area contributed by atoms with Gasteiger partial charge in [-0.2, -0.15) is 5.10 Å². The van der Waals surface area contributed by atoms with Crippen LogP contribution in [0.4, 0.5) is 11.4 Å². The third kappa shape index (κ3) is 4.55. The lowest BCUT2D eigenvalue weighted by Gasteiger charge is -2.14. The minimum atomic E-state index is -0.469. The van der Waals surface area contributed by atoms with Crippen LogP contribution in [0.25, 0.3) is 11.3 Å². The number of hydrogen-bond donors (Lipinski definition) is 0. The van der Waals surface area contributed by atoms with Crippen LogP contribution in [0, 0.1) is 10.1 Å². The third-order valence-electron chi connectivity index (χ3n) is 4.78. The molecule has 0 saturated carbocycles. The van der Waals surface area contributed by atoms with Crippen LogP contribution in [0.5, 0.6) is 17.2 Å². The highest BCUT2D eigenvalue weighted by Gasteiger charge is 2.18. The molecule has 0 spiro atoms. The van der Waals surface area contributed by atoms with Crippen LogP contribution in [0.15, 0.2) is 74.7 Å². The van der Waals surface area contributed by atoms with Gasteiger partial charge in [-0.3, -0.25) is 10.1 Å². The Hall–Kier alpha value is -4.38. The molecule has 0 bridgehead atoms. The molecule has 0 aliphatic rings. The molecule has 34 heavy (non-hydrogen) atoms. The number of furan rings is 1. The smallest absolute Gasteiger partial charge is 0.294 e. The molecule has 0 atom stereocenters. The standard InChI is InChI=1S/C23H20N4O6S/c1-30-20-11-15(12-21(31-2)22(20)32-3)19-14-34-23(26(19)24-13-16-7-6-10-33-16)25-17-8-4-5-9-18(17)27(28)29/h4-14H,1-3H3.